The van der Waals surface area contributed by atoms with Crippen LogP contribution in [-0.2, 0) is 18.3 Å². The first-order valence-corrected chi connectivity index (χ1v) is 14.9. The predicted octanol–water partition coefficient (Wildman–Crippen LogP) is 4.27. The van der Waals surface area contributed by atoms with Crippen LogP contribution in [0, 0.1) is 19.3 Å². The van der Waals surface area contributed by atoms with E-state index in [0.717, 1.165) is 42.2 Å². The van der Waals surface area contributed by atoms with Crippen molar-refractivity contribution in [1.82, 2.24) is 24.8 Å². The van der Waals surface area contributed by atoms with Crippen molar-refractivity contribution in [3.8, 4) is 10.4 Å². The minimum absolute atomic E-state index is 0.204. The van der Waals surface area contributed by atoms with Gasteiger partial charge in [-0.1, -0.05) is 13.3 Å². The van der Waals surface area contributed by atoms with Crippen molar-refractivity contribution >= 4 is 34.4 Å². The van der Waals surface area contributed by atoms with E-state index in [9.17, 15) is 9.59 Å². The number of amides is 2. The largest absolute Gasteiger partial charge is 0.404 e. The number of nitrogens with one attached hydrogen (secondary N) is 2. The first-order chi connectivity index (χ1) is 19.2. The molecule has 0 bridgehead atoms. The molecule has 0 aromatic carbocycles. The van der Waals surface area contributed by atoms with E-state index in [1.807, 2.05) is 0 Å². The summed E-state index contributed by atoms with van der Waals surface area (Å²) >= 11 is 1.42. The molecule has 2 fully saturated rings. The highest BCUT2D eigenvalue weighted by molar-refractivity contribution is 7.16. The van der Waals surface area contributed by atoms with E-state index in [-0.39, 0.29) is 11.5 Å². The number of hydrogen-bond donors (Lipinski definition) is 3. The number of nitrogens with two attached hydrogens (primary N) is 1. The van der Waals surface area contributed by atoms with Gasteiger partial charge in [-0.25, -0.2) is 4.98 Å². The fourth-order valence-electron chi connectivity index (χ4n) is 5.83. The Kier molecular flexibility index (Phi) is 8.09. The Bertz CT molecular complexity index is 1450. The molecule has 1 aliphatic heterocycles. The molecule has 40 heavy (non-hydrogen) atoms. The van der Waals surface area contributed by atoms with Gasteiger partial charge >= 0.3 is 0 Å². The van der Waals surface area contributed by atoms with Gasteiger partial charge in [-0.15, -0.1) is 11.3 Å². The minimum Gasteiger partial charge on any atom is -0.404 e. The maximum absolute atomic E-state index is 13.3. The summed E-state index contributed by atoms with van der Waals surface area (Å²) in [6.07, 6.45) is 10.8. The van der Waals surface area contributed by atoms with Crippen molar-refractivity contribution in [3.63, 3.8) is 0 Å². The second kappa shape index (κ2) is 11.5. The normalized spacial score (nSPS) is 16.8. The van der Waals surface area contributed by atoms with Crippen molar-refractivity contribution in [1.29, 1.82) is 0 Å². The SMILES string of the molecule is CCc1cc(-c2cnc(/C(=C\N)C(=O)Nc3cc(C(=O)NCCN4CCC5(CCC5)C4)cnc3C)s2)c(C)n1C. The summed E-state index contributed by atoms with van der Waals surface area (Å²) in [7, 11) is 2.06. The van der Waals surface area contributed by atoms with Gasteiger partial charge in [0.25, 0.3) is 11.8 Å². The number of carbonyl (C=O) groups is 2. The highest BCUT2D eigenvalue weighted by Gasteiger charge is 2.42. The third-order valence-corrected chi connectivity index (χ3v) is 9.72. The number of rotatable bonds is 9. The second-order valence-corrected chi connectivity index (χ2v) is 12.1. The number of likely N-dealkylation sites (tertiary alicyclic amines) is 1. The minimum atomic E-state index is -0.399. The number of pyridine rings is 1. The Balaban J connectivity index is 1.22. The number of anilines is 1. The van der Waals surface area contributed by atoms with Gasteiger partial charge in [0, 0.05) is 62.2 Å². The van der Waals surface area contributed by atoms with E-state index < -0.39 is 5.91 Å². The quantitative estimate of drug-likeness (QED) is 0.336. The second-order valence-electron chi connectivity index (χ2n) is 11.1. The van der Waals surface area contributed by atoms with Crippen LogP contribution in [0.2, 0.25) is 0 Å². The van der Waals surface area contributed by atoms with Crippen LogP contribution in [0.5, 0.6) is 0 Å². The third-order valence-electron chi connectivity index (χ3n) is 8.65. The molecule has 10 heteroatoms. The van der Waals surface area contributed by atoms with E-state index in [2.05, 4.69) is 57.0 Å². The molecule has 2 amide bonds. The molecule has 0 atom stereocenters. The van der Waals surface area contributed by atoms with Crippen molar-refractivity contribution in [2.75, 3.05) is 31.5 Å². The summed E-state index contributed by atoms with van der Waals surface area (Å²) in [5.74, 6) is -0.603. The molecule has 2 aliphatic rings. The van der Waals surface area contributed by atoms with Gasteiger partial charge in [-0.3, -0.25) is 14.6 Å². The number of carbonyl (C=O) groups excluding carboxylic acids is 2. The smallest absolute Gasteiger partial charge is 0.260 e. The molecule has 0 radical (unpaired) electrons. The number of nitrogens with zero attached hydrogens (tertiary/aromatic N) is 4. The lowest BCUT2D eigenvalue weighted by Crippen LogP contribution is -2.37. The van der Waals surface area contributed by atoms with Gasteiger partial charge in [0.05, 0.1) is 27.4 Å². The van der Waals surface area contributed by atoms with Crippen LogP contribution in [0.1, 0.15) is 65.1 Å². The van der Waals surface area contributed by atoms with Gasteiger partial charge in [0.1, 0.15) is 5.01 Å². The molecule has 1 saturated carbocycles. The van der Waals surface area contributed by atoms with Crippen LogP contribution in [0.25, 0.3) is 16.0 Å². The summed E-state index contributed by atoms with van der Waals surface area (Å²) in [4.78, 5) is 38.4. The maximum atomic E-state index is 13.3. The fraction of sp³-hybridized carbons (Fsp3) is 0.467. The molecule has 1 spiro atoms. The molecule has 1 aliphatic carbocycles. The van der Waals surface area contributed by atoms with Crippen LogP contribution >= 0.6 is 11.3 Å². The molecular formula is C30H39N7O2S. The maximum Gasteiger partial charge on any atom is 0.260 e. The molecule has 1 saturated heterocycles. The topological polar surface area (TPSA) is 118 Å². The number of aryl methyl sites for hydroxylation is 2. The van der Waals surface area contributed by atoms with Crippen LogP contribution in [0.4, 0.5) is 5.69 Å². The van der Waals surface area contributed by atoms with E-state index in [1.165, 1.54) is 48.9 Å². The van der Waals surface area contributed by atoms with Gasteiger partial charge in [-0.2, -0.15) is 0 Å². The zero-order valence-electron chi connectivity index (χ0n) is 23.8. The first kappa shape index (κ1) is 28.0. The molecule has 3 aromatic heterocycles. The molecule has 4 N–H and O–H groups in total. The summed E-state index contributed by atoms with van der Waals surface area (Å²) < 4.78 is 2.18. The molecule has 3 aromatic rings. The third kappa shape index (κ3) is 5.55. The van der Waals surface area contributed by atoms with E-state index >= 15 is 0 Å². The molecule has 212 valence electrons. The number of aromatic nitrogens is 3. The van der Waals surface area contributed by atoms with Gasteiger partial charge in [0.15, 0.2) is 0 Å². The summed E-state index contributed by atoms with van der Waals surface area (Å²) in [5, 5.41) is 6.42. The Hall–Kier alpha value is -3.50. The zero-order chi connectivity index (χ0) is 28.4. The fourth-order valence-corrected chi connectivity index (χ4v) is 6.83. The van der Waals surface area contributed by atoms with Gasteiger partial charge in [-0.05, 0) is 63.6 Å². The van der Waals surface area contributed by atoms with Crippen LogP contribution in [0.3, 0.4) is 0 Å². The molecule has 0 unspecified atom stereocenters. The van der Waals surface area contributed by atoms with Crippen molar-refractivity contribution in [3.05, 3.63) is 58.4 Å². The molecule has 9 nitrogen and oxygen atoms in total. The van der Waals surface area contributed by atoms with Crippen molar-refractivity contribution < 1.29 is 9.59 Å². The molecule has 4 heterocycles. The number of thiazole rings is 1. The van der Waals surface area contributed by atoms with Crippen molar-refractivity contribution in [2.45, 2.75) is 52.9 Å². The number of hydrogen-bond acceptors (Lipinski definition) is 7. The predicted molar refractivity (Wildman–Crippen MR) is 160 cm³/mol. The zero-order valence-corrected chi connectivity index (χ0v) is 24.7. The van der Waals surface area contributed by atoms with Crippen LogP contribution < -0.4 is 16.4 Å². The highest BCUT2D eigenvalue weighted by atomic mass is 32.1. The van der Waals surface area contributed by atoms with E-state index in [4.69, 9.17) is 5.73 Å². The Morgan fingerprint density at radius 3 is 2.62 bits per heavy atom. The molecule has 5 rings (SSSR count). The average Bonchev–Trinajstić information content (AvgIpc) is 3.64. The lowest BCUT2D eigenvalue weighted by atomic mass is 9.68. The summed E-state index contributed by atoms with van der Waals surface area (Å²) in [6, 6.07) is 3.83. The highest BCUT2D eigenvalue weighted by Crippen LogP contribution is 2.47. The average molecular weight is 562 g/mol. The summed E-state index contributed by atoms with van der Waals surface area (Å²) in [6.45, 7) is 9.68. The summed E-state index contributed by atoms with van der Waals surface area (Å²) in [5.41, 5.74) is 11.7. The Morgan fingerprint density at radius 1 is 1.18 bits per heavy atom. The lowest BCUT2D eigenvalue weighted by Gasteiger charge is -2.38. The first-order valence-electron chi connectivity index (χ1n) is 14.1. The Labute approximate surface area is 239 Å². The lowest BCUT2D eigenvalue weighted by molar-refractivity contribution is -0.111. The van der Waals surface area contributed by atoms with E-state index in [0.29, 0.717) is 33.9 Å². The van der Waals surface area contributed by atoms with Crippen molar-refractivity contribution in [2.24, 2.45) is 18.2 Å². The monoisotopic (exact) mass is 561 g/mol. The van der Waals surface area contributed by atoms with Crippen LogP contribution in [-0.4, -0.2) is 57.4 Å². The van der Waals surface area contributed by atoms with Gasteiger partial charge in [0.2, 0.25) is 0 Å². The van der Waals surface area contributed by atoms with Gasteiger partial charge < -0.3 is 25.8 Å². The van der Waals surface area contributed by atoms with Crippen LogP contribution in [0.15, 0.2) is 30.7 Å². The van der Waals surface area contributed by atoms with E-state index in [1.54, 1.807) is 25.4 Å². The molecular weight excluding hydrogens is 522 g/mol. The Morgan fingerprint density at radius 2 is 1.98 bits per heavy atom. The standard InChI is InChI=1S/C30H39N7O2S/c1-5-22-14-23(20(3)36(22)4)26-17-34-29(40-26)24(15-31)28(39)35-25-13-21(16-33-19(25)2)27(38)32-10-12-37-11-9-30(18-37)7-6-8-30/h13-17H,5-12,18,31H2,1-4H3,(H,32,38)(H,35,39)/b24-15-.